The van der Waals surface area contributed by atoms with Crippen LogP contribution in [0.3, 0.4) is 0 Å². The number of hydrogen-bond acceptors (Lipinski definition) is 2. The van der Waals surface area contributed by atoms with Crippen molar-refractivity contribution in [1.29, 1.82) is 0 Å². The standard InChI is InChI=1S/C17H14ClNO/c18-14-7-3-5-12-10-15(20-17(12)14)16-13-6-2-1-4-11(13)8-9-19-16/h1-7,10,16,19H,8-9H2. The van der Waals surface area contributed by atoms with Crippen molar-refractivity contribution in [2.75, 3.05) is 6.54 Å². The maximum Gasteiger partial charge on any atom is 0.152 e. The molecule has 0 saturated carbocycles. The monoisotopic (exact) mass is 283 g/mol. The SMILES string of the molecule is Clc1cccc2cc(C3NCCc4ccccc43)oc12. The third-order valence-electron chi connectivity index (χ3n) is 3.91. The van der Waals surface area contributed by atoms with Crippen LogP contribution in [-0.4, -0.2) is 6.54 Å². The lowest BCUT2D eigenvalue weighted by atomic mass is 9.93. The molecule has 0 radical (unpaired) electrons. The molecule has 3 heteroatoms. The minimum absolute atomic E-state index is 0.114. The number of furan rings is 1. The van der Waals surface area contributed by atoms with E-state index in [4.69, 9.17) is 16.0 Å². The fourth-order valence-corrected chi connectivity index (χ4v) is 3.17. The number of fused-ring (bicyclic) bond motifs is 2. The van der Waals surface area contributed by atoms with Crippen molar-refractivity contribution in [3.63, 3.8) is 0 Å². The molecule has 0 aliphatic carbocycles. The number of hydrogen-bond donors (Lipinski definition) is 1. The minimum Gasteiger partial charge on any atom is -0.457 e. The van der Waals surface area contributed by atoms with Crippen molar-refractivity contribution in [2.24, 2.45) is 0 Å². The zero-order chi connectivity index (χ0) is 13.5. The van der Waals surface area contributed by atoms with Crippen molar-refractivity contribution in [3.8, 4) is 0 Å². The average molecular weight is 284 g/mol. The van der Waals surface area contributed by atoms with Crippen LogP contribution >= 0.6 is 11.6 Å². The summed E-state index contributed by atoms with van der Waals surface area (Å²) in [6.45, 7) is 0.965. The summed E-state index contributed by atoms with van der Waals surface area (Å²) in [5, 5.41) is 5.25. The molecule has 1 unspecified atom stereocenters. The highest BCUT2D eigenvalue weighted by Gasteiger charge is 2.24. The second-order valence-electron chi connectivity index (χ2n) is 5.14. The molecule has 2 heterocycles. The second kappa shape index (κ2) is 4.65. The Morgan fingerprint density at radius 2 is 2.00 bits per heavy atom. The molecule has 1 aromatic heterocycles. The van der Waals surface area contributed by atoms with Gasteiger partial charge in [0, 0.05) is 11.9 Å². The minimum atomic E-state index is 0.114. The van der Waals surface area contributed by atoms with E-state index in [9.17, 15) is 0 Å². The van der Waals surface area contributed by atoms with E-state index in [0.717, 1.165) is 29.7 Å². The van der Waals surface area contributed by atoms with E-state index in [1.165, 1.54) is 11.1 Å². The molecular formula is C17H14ClNO. The van der Waals surface area contributed by atoms with Crippen LogP contribution in [0.2, 0.25) is 5.02 Å². The van der Waals surface area contributed by atoms with Crippen molar-refractivity contribution in [1.82, 2.24) is 5.32 Å². The van der Waals surface area contributed by atoms with Gasteiger partial charge in [0.1, 0.15) is 5.76 Å². The fraction of sp³-hybridized carbons (Fsp3) is 0.176. The van der Waals surface area contributed by atoms with Crippen LogP contribution in [-0.2, 0) is 6.42 Å². The average Bonchev–Trinajstić information content (AvgIpc) is 2.92. The summed E-state index contributed by atoms with van der Waals surface area (Å²) in [5.74, 6) is 0.931. The zero-order valence-electron chi connectivity index (χ0n) is 10.9. The molecule has 1 aliphatic heterocycles. The molecule has 3 aromatic rings. The van der Waals surface area contributed by atoms with E-state index in [-0.39, 0.29) is 6.04 Å². The fourth-order valence-electron chi connectivity index (χ4n) is 2.95. The van der Waals surface area contributed by atoms with Crippen molar-refractivity contribution in [3.05, 3.63) is 70.4 Å². The smallest absolute Gasteiger partial charge is 0.152 e. The molecule has 1 atom stereocenters. The van der Waals surface area contributed by atoms with Gasteiger partial charge in [0.25, 0.3) is 0 Å². The predicted molar refractivity (Wildman–Crippen MR) is 81.2 cm³/mol. The largest absolute Gasteiger partial charge is 0.457 e. The van der Waals surface area contributed by atoms with Gasteiger partial charge in [0.15, 0.2) is 5.58 Å². The topological polar surface area (TPSA) is 25.2 Å². The summed E-state index contributed by atoms with van der Waals surface area (Å²) in [7, 11) is 0. The molecule has 0 fully saturated rings. The first-order valence-corrected chi connectivity index (χ1v) is 7.20. The van der Waals surface area contributed by atoms with Gasteiger partial charge in [-0.15, -0.1) is 0 Å². The molecule has 0 saturated heterocycles. The van der Waals surface area contributed by atoms with Gasteiger partial charge in [0.2, 0.25) is 0 Å². The zero-order valence-corrected chi connectivity index (χ0v) is 11.7. The Morgan fingerprint density at radius 3 is 2.90 bits per heavy atom. The molecule has 100 valence electrons. The second-order valence-corrected chi connectivity index (χ2v) is 5.55. The Balaban J connectivity index is 1.86. The van der Waals surface area contributed by atoms with E-state index in [1.807, 2.05) is 18.2 Å². The Hall–Kier alpha value is -1.77. The highest BCUT2D eigenvalue weighted by Crippen LogP contribution is 2.34. The first-order chi connectivity index (χ1) is 9.83. The number of halogens is 1. The van der Waals surface area contributed by atoms with Crippen molar-refractivity contribution in [2.45, 2.75) is 12.5 Å². The number of rotatable bonds is 1. The van der Waals surface area contributed by atoms with Gasteiger partial charge in [-0.25, -0.2) is 0 Å². The maximum atomic E-state index is 6.20. The Bertz CT molecular complexity index is 778. The molecule has 1 aliphatic rings. The highest BCUT2D eigenvalue weighted by molar-refractivity contribution is 6.34. The van der Waals surface area contributed by atoms with Gasteiger partial charge in [-0.3, -0.25) is 0 Å². The summed E-state index contributed by atoms with van der Waals surface area (Å²) in [6.07, 6.45) is 1.06. The van der Waals surface area contributed by atoms with E-state index in [2.05, 4.69) is 35.6 Å². The van der Waals surface area contributed by atoms with Crippen LogP contribution in [0.25, 0.3) is 11.0 Å². The third-order valence-corrected chi connectivity index (χ3v) is 4.21. The van der Waals surface area contributed by atoms with Crippen LogP contribution in [0.4, 0.5) is 0 Å². The van der Waals surface area contributed by atoms with Crippen LogP contribution in [0, 0.1) is 0 Å². The van der Waals surface area contributed by atoms with Gasteiger partial charge in [0.05, 0.1) is 11.1 Å². The van der Waals surface area contributed by atoms with Crippen molar-refractivity contribution < 1.29 is 4.42 Å². The summed E-state index contributed by atoms with van der Waals surface area (Å²) in [4.78, 5) is 0. The molecule has 0 amide bonds. The molecule has 0 bridgehead atoms. The number of benzene rings is 2. The summed E-state index contributed by atoms with van der Waals surface area (Å²) < 4.78 is 6.00. The maximum absolute atomic E-state index is 6.20. The van der Waals surface area contributed by atoms with E-state index in [0.29, 0.717) is 5.02 Å². The normalized spacial score (nSPS) is 18.1. The van der Waals surface area contributed by atoms with Crippen LogP contribution in [0.15, 0.2) is 52.9 Å². The van der Waals surface area contributed by atoms with E-state index in [1.54, 1.807) is 0 Å². The lowest BCUT2D eigenvalue weighted by molar-refractivity contribution is 0.456. The summed E-state index contributed by atoms with van der Waals surface area (Å²) >= 11 is 6.20. The highest BCUT2D eigenvalue weighted by atomic mass is 35.5. The first kappa shape index (κ1) is 12.0. The first-order valence-electron chi connectivity index (χ1n) is 6.82. The van der Waals surface area contributed by atoms with Gasteiger partial charge in [-0.1, -0.05) is 48.0 Å². The summed E-state index contributed by atoms with van der Waals surface area (Å²) in [6, 6.07) is 16.6. The summed E-state index contributed by atoms with van der Waals surface area (Å²) in [5.41, 5.74) is 3.46. The van der Waals surface area contributed by atoms with Gasteiger partial charge >= 0.3 is 0 Å². The number of para-hydroxylation sites is 1. The van der Waals surface area contributed by atoms with E-state index < -0.39 is 0 Å². The Morgan fingerprint density at radius 1 is 1.10 bits per heavy atom. The van der Waals surface area contributed by atoms with Gasteiger partial charge in [-0.05, 0) is 29.7 Å². The Kier molecular flexibility index (Phi) is 2.79. The van der Waals surface area contributed by atoms with Gasteiger partial charge in [-0.2, -0.15) is 0 Å². The van der Waals surface area contributed by atoms with Crippen LogP contribution in [0.5, 0.6) is 0 Å². The van der Waals surface area contributed by atoms with Crippen molar-refractivity contribution >= 4 is 22.6 Å². The molecule has 1 N–H and O–H groups in total. The van der Waals surface area contributed by atoms with Crippen LogP contribution in [0.1, 0.15) is 22.9 Å². The lowest BCUT2D eigenvalue weighted by Gasteiger charge is -2.25. The molecule has 2 nitrogen and oxygen atoms in total. The Labute approximate surface area is 122 Å². The predicted octanol–water partition coefficient (Wildman–Crippen LogP) is 4.32. The number of nitrogens with one attached hydrogen (secondary N) is 1. The van der Waals surface area contributed by atoms with E-state index >= 15 is 0 Å². The quantitative estimate of drug-likeness (QED) is 0.719. The molecule has 20 heavy (non-hydrogen) atoms. The lowest BCUT2D eigenvalue weighted by Crippen LogP contribution is -2.30. The molecule has 0 spiro atoms. The molecule has 4 rings (SSSR count). The molecular weight excluding hydrogens is 270 g/mol. The molecule has 2 aromatic carbocycles. The third kappa shape index (κ3) is 1.84. The van der Waals surface area contributed by atoms with Crippen LogP contribution < -0.4 is 5.32 Å². The van der Waals surface area contributed by atoms with Gasteiger partial charge < -0.3 is 9.73 Å².